The molecule has 1 atom stereocenters. The molecular weight excluding hydrogens is 386 g/mol. The Morgan fingerprint density at radius 1 is 1.16 bits per heavy atom. The number of nitrogens with one attached hydrogen (secondary N) is 1. The Bertz CT molecular complexity index is 791. The van der Waals surface area contributed by atoms with E-state index in [-0.39, 0.29) is 28.7 Å². The average molecular weight is 412 g/mol. The highest BCUT2D eigenvalue weighted by atomic mass is 35.5. The van der Waals surface area contributed by atoms with E-state index in [2.05, 4.69) is 4.72 Å². The van der Waals surface area contributed by atoms with Gasteiger partial charge in [0.25, 0.3) is 0 Å². The molecule has 0 radical (unpaired) electrons. The summed E-state index contributed by atoms with van der Waals surface area (Å²) in [4.78, 5) is -0.0170. The molecular formula is C15H26ClN3O4S2. The number of rotatable bonds is 6. The van der Waals surface area contributed by atoms with Gasteiger partial charge in [-0.3, -0.25) is 0 Å². The molecule has 1 aromatic rings. The molecule has 0 aliphatic carbocycles. The van der Waals surface area contributed by atoms with Crippen molar-refractivity contribution in [3.8, 4) is 0 Å². The van der Waals surface area contributed by atoms with Gasteiger partial charge in [-0.15, -0.1) is 12.4 Å². The minimum Gasteiger partial charge on any atom is -0.329 e. The van der Waals surface area contributed by atoms with Crippen molar-refractivity contribution in [1.82, 2.24) is 9.03 Å². The van der Waals surface area contributed by atoms with Crippen LogP contribution in [0.25, 0.3) is 0 Å². The SMILES string of the molecule is Cc1ccc(S(=O)(=O)N[C@@H](C)CN)cc1S(=O)(=O)N1CCCCC1.Cl. The highest BCUT2D eigenvalue weighted by Gasteiger charge is 2.29. The second-order valence-corrected chi connectivity index (χ2v) is 9.77. The van der Waals surface area contributed by atoms with Crippen molar-refractivity contribution in [3.05, 3.63) is 23.8 Å². The Balaban J connectivity index is 0.00000312. The first kappa shape index (κ1) is 22.3. The molecule has 1 heterocycles. The zero-order valence-electron chi connectivity index (χ0n) is 14.4. The van der Waals surface area contributed by atoms with Gasteiger partial charge in [-0.05, 0) is 44.4 Å². The maximum absolute atomic E-state index is 12.9. The number of nitrogens with two attached hydrogens (primary N) is 1. The number of piperidine rings is 1. The minimum atomic E-state index is -3.81. The molecule has 1 aliphatic heterocycles. The molecule has 1 aliphatic rings. The Hall–Kier alpha value is -0.710. The third kappa shape index (κ3) is 5.15. The number of halogens is 1. The van der Waals surface area contributed by atoms with Gasteiger partial charge in [0.1, 0.15) is 0 Å². The lowest BCUT2D eigenvalue weighted by Crippen LogP contribution is -2.38. The van der Waals surface area contributed by atoms with Gasteiger partial charge < -0.3 is 5.73 Å². The van der Waals surface area contributed by atoms with Crippen molar-refractivity contribution in [2.24, 2.45) is 5.73 Å². The van der Waals surface area contributed by atoms with Crippen molar-refractivity contribution in [3.63, 3.8) is 0 Å². The van der Waals surface area contributed by atoms with Crippen molar-refractivity contribution >= 4 is 32.5 Å². The smallest absolute Gasteiger partial charge is 0.243 e. The second-order valence-electron chi connectivity index (χ2n) is 6.15. The van der Waals surface area contributed by atoms with Crippen molar-refractivity contribution in [2.75, 3.05) is 19.6 Å². The van der Waals surface area contributed by atoms with Gasteiger partial charge in [-0.2, -0.15) is 4.31 Å². The lowest BCUT2D eigenvalue weighted by atomic mass is 10.2. The van der Waals surface area contributed by atoms with E-state index in [0.29, 0.717) is 18.7 Å². The van der Waals surface area contributed by atoms with Gasteiger partial charge in [0.05, 0.1) is 9.79 Å². The molecule has 10 heteroatoms. The fourth-order valence-corrected chi connectivity index (χ4v) is 5.78. The van der Waals surface area contributed by atoms with Gasteiger partial charge in [0.15, 0.2) is 0 Å². The molecule has 25 heavy (non-hydrogen) atoms. The predicted molar refractivity (Wildman–Crippen MR) is 99.9 cm³/mol. The monoisotopic (exact) mass is 411 g/mol. The molecule has 0 spiro atoms. The Labute approximate surface area is 156 Å². The first-order valence-corrected chi connectivity index (χ1v) is 10.9. The fraction of sp³-hybridized carbons (Fsp3) is 0.600. The van der Waals surface area contributed by atoms with Crippen LogP contribution in [-0.4, -0.2) is 46.8 Å². The first-order valence-electron chi connectivity index (χ1n) is 8.01. The van der Waals surface area contributed by atoms with Crippen molar-refractivity contribution in [1.29, 1.82) is 0 Å². The lowest BCUT2D eigenvalue weighted by Gasteiger charge is -2.26. The maximum Gasteiger partial charge on any atom is 0.243 e. The van der Waals surface area contributed by atoms with E-state index in [0.717, 1.165) is 19.3 Å². The van der Waals surface area contributed by atoms with E-state index in [4.69, 9.17) is 5.73 Å². The maximum atomic E-state index is 12.9. The number of nitrogens with zero attached hydrogens (tertiary/aromatic N) is 1. The summed E-state index contributed by atoms with van der Waals surface area (Å²) in [6.07, 6.45) is 2.66. The Kier molecular flexibility index (Phi) is 7.85. The topological polar surface area (TPSA) is 110 Å². The van der Waals surface area contributed by atoms with E-state index in [1.807, 2.05) is 0 Å². The molecule has 1 saturated heterocycles. The highest BCUT2D eigenvalue weighted by molar-refractivity contribution is 7.90. The van der Waals surface area contributed by atoms with E-state index < -0.39 is 26.1 Å². The van der Waals surface area contributed by atoms with Gasteiger partial charge in [0.2, 0.25) is 20.0 Å². The standard InChI is InChI=1S/C15H25N3O4S2.ClH/c1-12-6-7-14(23(19,20)17-13(2)11-16)10-15(12)24(21,22)18-8-4-3-5-9-18;/h6-7,10,13,17H,3-5,8-9,11,16H2,1-2H3;1H/t13-;/m0./s1. The van der Waals surface area contributed by atoms with E-state index in [1.54, 1.807) is 13.8 Å². The summed E-state index contributed by atoms with van der Waals surface area (Å²) in [6.45, 7) is 4.42. The van der Waals surface area contributed by atoms with Crippen LogP contribution < -0.4 is 10.5 Å². The van der Waals surface area contributed by atoms with E-state index in [1.165, 1.54) is 22.5 Å². The molecule has 0 aromatic heterocycles. The summed E-state index contributed by atoms with van der Waals surface area (Å²) in [5, 5.41) is 0. The predicted octanol–water partition coefficient (Wildman–Crippen LogP) is 1.22. The number of sulfonamides is 2. The fourth-order valence-electron chi connectivity index (χ4n) is 2.65. The molecule has 0 unspecified atom stereocenters. The molecule has 1 aromatic carbocycles. The number of benzene rings is 1. The summed E-state index contributed by atoms with van der Waals surface area (Å²) in [6, 6.07) is 3.75. The summed E-state index contributed by atoms with van der Waals surface area (Å²) >= 11 is 0. The molecule has 7 nitrogen and oxygen atoms in total. The van der Waals surface area contributed by atoms with Crippen LogP contribution in [0.3, 0.4) is 0 Å². The lowest BCUT2D eigenvalue weighted by molar-refractivity contribution is 0.346. The van der Waals surface area contributed by atoms with Crippen LogP contribution in [0.5, 0.6) is 0 Å². The molecule has 0 amide bonds. The number of hydrogen-bond donors (Lipinski definition) is 2. The second kappa shape index (κ2) is 8.79. The quantitative estimate of drug-likeness (QED) is 0.731. The van der Waals surface area contributed by atoms with Crippen molar-refractivity contribution in [2.45, 2.75) is 48.9 Å². The van der Waals surface area contributed by atoms with Gasteiger partial charge in [0, 0.05) is 25.7 Å². The largest absolute Gasteiger partial charge is 0.329 e. The van der Waals surface area contributed by atoms with Crippen LogP contribution in [0, 0.1) is 6.92 Å². The first-order chi connectivity index (χ1) is 11.2. The molecule has 0 bridgehead atoms. The van der Waals surface area contributed by atoms with Crippen LogP contribution in [-0.2, 0) is 20.0 Å². The number of hydrogen-bond acceptors (Lipinski definition) is 5. The molecule has 3 N–H and O–H groups in total. The molecule has 2 rings (SSSR count). The van der Waals surface area contributed by atoms with Crippen LogP contribution in [0.4, 0.5) is 0 Å². The van der Waals surface area contributed by atoms with Gasteiger partial charge in [-0.25, -0.2) is 21.6 Å². The van der Waals surface area contributed by atoms with E-state index in [9.17, 15) is 16.8 Å². The minimum absolute atomic E-state index is 0. The summed E-state index contributed by atoms with van der Waals surface area (Å²) in [5.41, 5.74) is 5.98. The normalized spacial score (nSPS) is 17.7. The Morgan fingerprint density at radius 2 is 1.76 bits per heavy atom. The molecule has 0 saturated carbocycles. The zero-order valence-corrected chi connectivity index (χ0v) is 16.9. The Morgan fingerprint density at radius 3 is 2.32 bits per heavy atom. The van der Waals surface area contributed by atoms with Crippen LogP contribution >= 0.6 is 12.4 Å². The van der Waals surface area contributed by atoms with Gasteiger partial charge in [-0.1, -0.05) is 12.5 Å². The number of aryl methyl sites for hydroxylation is 1. The van der Waals surface area contributed by atoms with Crippen LogP contribution in [0.1, 0.15) is 31.7 Å². The molecule has 1 fully saturated rings. The summed E-state index contributed by atoms with van der Waals surface area (Å²) in [5.74, 6) is 0. The molecule has 144 valence electrons. The van der Waals surface area contributed by atoms with Crippen LogP contribution in [0.2, 0.25) is 0 Å². The van der Waals surface area contributed by atoms with E-state index >= 15 is 0 Å². The zero-order chi connectivity index (χ0) is 18.0. The third-order valence-electron chi connectivity index (χ3n) is 4.11. The van der Waals surface area contributed by atoms with Crippen molar-refractivity contribution < 1.29 is 16.8 Å². The van der Waals surface area contributed by atoms with Gasteiger partial charge >= 0.3 is 0 Å². The third-order valence-corrected chi connectivity index (χ3v) is 7.74. The average Bonchev–Trinajstić information content (AvgIpc) is 2.55. The summed E-state index contributed by atoms with van der Waals surface area (Å²) < 4.78 is 54.4. The highest BCUT2D eigenvalue weighted by Crippen LogP contribution is 2.25. The van der Waals surface area contributed by atoms with Crippen LogP contribution in [0.15, 0.2) is 28.0 Å². The summed E-state index contributed by atoms with van der Waals surface area (Å²) in [7, 11) is -7.51.